The molecule has 18 heavy (non-hydrogen) atoms. The third-order valence-corrected chi connectivity index (χ3v) is 4.31. The van der Waals surface area contributed by atoms with Crippen LogP contribution in [0.1, 0.15) is 37.5 Å². The van der Waals surface area contributed by atoms with Gasteiger partial charge >= 0.3 is 0 Å². The van der Waals surface area contributed by atoms with Crippen LogP contribution in [0.5, 0.6) is 0 Å². The zero-order valence-corrected chi connectivity index (χ0v) is 12.9. The van der Waals surface area contributed by atoms with Crippen LogP contribution < -0.4 is 5.32 Å². The minimum absolute atomic E-state index is 0.207. The fourth-order valence-electron chi connectivity index (χ4n) is 2.10. The Bertz CT molecular complexity index is 546. The molecule has 0 fully saturated rings. The Kier molecular flexibility index (Phi) is 3.79. The first-order chi connectivity index (χ1) is 8.37. The normalized spacial score (nSPS) is 12.3. The van der Waals surface area contributed by atoms with Gasteiger partial charge in [0, 0.05) is 10.2 Å². The van der Waals surface area contributed by atoms with Crippen LogP contribution in [0.2, 0.25) is 0 Å². The fourth-order valence-corrected chi connectivity index (χ4v) is 3.18. The van der Waals surface area contributed by atoms with Crippen LogP contribution in [0, 0.1) is 13.8 Å². The van der Waals surface area contributed by atoms with Gasteiger partial charge in [-0.2, -0.15) is 0 Å². The van der Waals surface area contributed by atoms with Gasteiger partial charge in [0.25, 0.3) is 0 Å². The van der Waals surface area contributed by atoms with E-state index in [1.807, 2.05) is 11.3 Å². The first-order valence-electron chi connectivity index (χ1n) is 6.59. The van der Waals surface area contributed by atoms with Crippen LogP contribution in [-0.2, 0) is 6.42 Å². The number of fused-ring (bicyclic) bond motifs is 1. The average molecular weight is 261 g/mol. The maximum absolute atomic E-state index is 3.56. The highest BCUT2D eigenvalue weighted by atomic mass is 32.1. The molecule has 0 bridgehead atoms. The smallest absolute Gasteiger partial charge is 0.0348 e. The van der Waals surface area contributed by atoms with Gasteiger partial charge < -0.3 is 5.32 Å². The Morgan fingerprint density at radius 3 is 2.44 bits per heavy atom. The van der Waals surface area contributed by atoms with Crippen molar-refractivity contribution in [2.75, 3.05) is 6.54 Å². The van der Waals surface area contributed by atoms with Gasteiger partial charge in [-0.25, -0.2) is 0 Å². The minimum atomic E-state index is 0.207. The van der Waals surface area contributed by atoms with E-state index in [1.54, 1.807) is 0 Å². The zero-order chi connectivity index (χ0) is 13.3. The molecule has 2 heteroatoms. The number of benzene rings is 1. The average Bonchev–Trinajstić information content (AvgIpc) is 2.60. The van der Waals surface area contributed by atoms with Crippen molar-refractivity contribution in [1.29, 1.82) is 0 Å². The van der Waals surface area contributed by atoms with E-state index in [9.17, 15) is 0 Å². The lowest BCUT2D eigenvalue weighted by Gasteiger charge is -2.20. The van der Waals surface area contributed by atoms with Gasteiger partial charge in [0.05, 0.1) is 0 Å². The topological polar surface area (TPSA) is 12.0 Å². The molecular formula is C16H23NS. The Morgan fingerprint density at radius 2 is 1.78 bits per heavy atom. The summed E-state index contributed by atoms with van der Waals surface area (Å²) in [4.78, 5) is 0. The van der Waals surface area contributed by atoms with Gasteiger partial charge in [0.15, 0.2) is 0 Å². The molecule has 0 radical (unpaired) electrons. The van der Waals surface area contributed by atoms with Crippen molar-refractivity contribution in [3.8, 4) is 0 Å². The summed E-state index contributed by atoms with van der Waals surface area (Å²) in [6.07, 6.45) is 1.11. The number of hydrogen-bond donors (Lipinski definition) is 1. The molecule has 0 aliphatic heterocycles. The summed E-state index contributed by atoms with van der Waals surface area (Å²) in [5, 5.41) is 7.31. The monoisotopic (exact) mass is 261 g/mol. The molecule has 2 aromatic rings. The molecule has 1 nitrogen and oxygen atoms in total. The number of thiophene rings is 1. The fraction of sp³-hybridized carbons (Fsp3) is 0.500. The van der Waals surface area contributed by atoms with Gasteiger partial charge in [-0.05, 0) is 81.1 Å². The minimum Gasteiger partial charge on any atom is -0.312 e. The van der Waals surface area contributed by atoms with Crippen LogP contribution in [0.3, 0.4) is 0 Å². The van der Waals surface area contributed by atoms with Crippen LogP contribution in [0.4, 0.5) is 0 Å². The van der Waals surface area contributed by atoms with Gasteiger partial charge in [-0.3, -0.25) is 0 Å². The van der Waals surface area contributed by atoms with Crippen molar-refractivity contribution in [2.24, 2.45) is 0 Å². The van der Waals surface area contributed by atoms with Gasteiger partial charge in [0.1, 0.15) is 0 Å². The van der Waals surface area contributed by atoms with Gasteiger partial charge in [-0.15, -0.1) is 11.3 Å². The van der Waals surface area contributed by atoms with Crippen LogP contribution in [0.15, 0.2) is 17.5 Å². The molecule has 2 rings (SSSR count). The second-order valence-electron chi connectivity index (χ2n) is 6.12. The standard InChI is InChI=1S/C16H23NS/c1-11-8-14-13(6-7-17-16(3,4)5)10-18-15(14)9-12(11)2/h8-10,17H,6-7H2,1-5H3. The third-order valence-electron chi connectivity index (χ3n) is 3.32. The second kappa shape index (κ2) is 5.02. The van der Waals surface area contributed by atoms with E-state index in [2.05, 4.69) is 57.4 Å². The van der Waals surface area contributed by atoms with Crippen molar-refractivity contribution in [3.05, 3.63) is 34.2 Å². The zero-order valence-electron chi connectivity index (χ0n) is 12.1. The molecule has 0 aliphatic carbocycles. The molecule has 1 heterocycles. The first-order valence-corrected chi connectivity index (χ1v) is 7.47. The van der Waals surface area contributed by atoms with Crippen molar-refractivity contribution in [1.82, 2.24) is 5.32 Å². The summed E-state index contributed by atoms with van der Waals surface area (Å²) in [6.45, 7) is 12.1. The lowest BCUT2D eigenvalue weighted by Crippen LogP contribution is -2.37. The summed E-state index contributed by atoms with van der Waals surface area (Å²) >= 11 is 1.87. The maximum atomic E-state index is 3.56. The van der Waals surface area contributed by atoms with Crippen molar-refractivity contribution >= 4 is 21.4 Å². The van der Waals surface area contributed by atoms with Crippen LogP contribution in [0.25, 0.3) is 10.1 Å². The maximum Gasteiger partial charge on any atom is 0.0348 e. The number of rotatable bonds is 3. The number of nitrogens with one attached hydrogen (secondary N) is 1. The molecular weight excluding hydrogens is 238 g/mol. The molecule has 0 spiro atoms. The molecule has 0 atom stereocenters. The van der Waals surface area contributed by atoms with Crippen molar-refractivity contribution in [2.45, 2.75) is 46.6 Å². The third kappa shape index (κ3) is 3.12. The summed E-state index contributed by atoms with van der Waals surface area (Å²) < 4.78 is 1.42. The van der Waals surface area contributed by atoms with E-state index in [0.717, 1.165) is 13.0 Å². The van der Waals surface area contributed by atoms with E-state index < -0.39 is 0 Å². The number of hydrogen-bond acceptors (Lipinski definition) is 2. The predicted molar refractivity (Wildman–Crippen MR) is 82.8 cm³/mol. The van der Waals surface area contributed by atoms with E-state index >= 15 is 0 Å². The summed E-state index contributed by atoms with van der Waals surface area (Å²) in [6, 6.07) is 4.66. The number of aryl methyl sites for hydroxylation is 2. The Morgan fingerprint density at radius 1 is 1.11 bits per heavy atom. The van der Waals surface area contributed by atoms with E-state index in [-0.39, 0.29) is 5.54 Å². The summed E-state index contributed by atoms with van der Waals surface area (Å²) in [5.41, 5.74) is 4.47. The highest BCUT2D eigenvalue weighted by molar-refractivity contribution is 7.17. The van der Waals surface area contributed by atoms with Gasteiger partial charge in [-0.1, -0.05) is 6.07 Å². The largest absolute Gasteiger partial charge is 0.312 e. The molecule has 0 saturated heterocycles. The molecule has 0 aliphatic rings. The Labute approximate surface area is 114 Å². The molecule has 98 valence electrons. The lowest BCUT2D eigenvalue weighted by molar-refractivity contribution is 0.430. The van der Waals surface area contributed by atoms with E-state index in [0.29, 0.717) is 0 Å². The second-order valence-corrected chi connectivity index (χ2v) is 7.03. The Hall–Kier alpha value is -0.860. The molecule has 1 aromatic carbocycles. The summed E-state index contributed by atoms with van der Waals surface area (Å²) in [5.74, 6) is 0. The SMILES string of the molecule is Cc1cc2scc(CCNC(C)(C)C)c2cc1C. The van der Waals surface area contributed by atoms with E-state index in [1.165, 1.54) is 26.8 Å². The molecule has 0 unspecified atom stereocenters. The highest BCUT2D eigenvalue weighted by Crippen LogP contribution is 2.29. The quantitative estimate of drug-likeness (QED) is 0.861. The molecule has 0 amide bonds. The molecule has 0 saturated carbocycles. The lowest BCUT2D eigenvalue weighted by atomic mass is 10.0. The molecule has 1 aromatic heterocycles. The predicted octanol–water partition coefficient (Wildman–Crippen LogP) is 4.45. The van der Waals surface area contributed by atoms with Gasteiger partial charge in [0.2, 0.25) is 0 Å². The van der Waals surface area contributed by atoms with E-state index in [4.69, 9.17) is 0 Å². The van der Waals surface area contributed by atoms with Crippen molar-refractivity contribution < 1.29 is 0 Å². The highest BCUT2D eigenvalue weighted by Gasteiger charge is 2.10. The first kappa shape index (κ1) is 13.6. The molecule has 1 N–H and O–H groups in total. The summed E-state index contributed by atoms with van der Waals surface area (Å²) in [7, 11) is 0. The van der Waals surface area contributed by atoms with Crippen LogP contribution in [-0.4, -0.2) is 12.1 Å². The van der Waals surface area contributed by atoms with Crippen molar-refractivity contribution in [3.63, 3.8) is 0 Å². The van der Waals surface area contributed by atoms with Crippen LogP contribution >= 0.6 is 11.3 Å². The Balaban J connectivity index is 2.17.